The van der Waals surface area contributed by atoms with Crippen molar-refractivity contribution in [2.45, 2.75) is 33.2 Å². The first kappa shape index (κ1) is 16.1. The fraction of sp³-hybridized carbons (Fsp3) is 0.429. The van der Waals surface area contributed by atoms with Crippen LogP contribution in [0.3, 0.4) is 0 Å². The molecule has 104 valence electrons. The molecule has 5 heteroatoms. The first-order valence-electron chi connectivity index (χ1n) is 6.18. The van der Waals surface area contributed by atoms with E-state index in [0.717, 1.165) is 10.0 Å². The molecule has 0 saturated carbocycles. The molecule has 2 N–H and O–H groups in total. The predicted molar refractivity (Wildman–Crippen MR) is 86.5 cm³/mol. The molecule has 0 aromatic heterocycles. The first-order valence-corrected chi connectivity index (χ1v) is 7.38. The Morgan fingerprint density at radius 1 is 1.47 bits per heavy atom. The minimum Gasteiger partial charge on any atom is -0.393 e. The van der Waals surface area contributed by atoms with Gasteiger partial charge in [0.1, 0.15) is 0 Å². The van der Waals surface area contributed by atoms with Crippen LogP contribution in [0.25, 0.3) is 0 Å². The number of benzene rings is 1. The zero-order valence-corrected chi connectivity index (χ0v) is 13.8. The summed E-state index contributed by atoms with van der Waals surface area (Å²) in [6.07, 6.45) is 0.544. The summed E-state index contributed by atoms with van der Waals surface area (Å²) < 4.78 is 0.818. The van der Waals surface area contributed by atoms with Crippen molar-refractivity contribution in [2.75, 3.05) is 6.54 Å². The summed E-state index contributed by atoms with van der Waals surface area (Å²) in [5.74, 6) is -0.00174. The fourth-order valence-electron chi connectivity index (χ4n) is 1.77. The lowest BCUT2D eigenvalue weighted by Crippen LogP contribution is -2.39. The van der Waals surface area contributed by atoms with Gasteiger partial charge in [0.25, 0.3) is 5.91 Å². The van der Waals surface area contributed by atoms with Gasteiger partial charge in [0.05, 0.1) is 10.6 Å². The second-order valence-corrected chi connectivity index (χ2v) is 6.17. The van der Waals surface area contributed by atoms with Gasteiger partial charge in [-0.05, 0) is 54.4 Å². The zero-order chi connectivity index (χ0) is 14.6. The molecule has 19 heavy (non-hydrogen) atoms. The molecule has 1 aromatic rings. The molecule has 0 spiro atoms. The van der Waals surface area contributed by atoms with Gasteiger partial charge in [-0.2, -0.15) is 0 Å². The molecule has 0 aliphatic carbocycles. The molecular weight excluding hydrogens is 324 g/mol. The van der Waals surface area contributed by atoms with Crippen LogP contribution < -0.4 is 5.73 Å². The monoisotopic (exact) mass is 342 g/mol. The Kier molecular flexibility index (Phi) is 5.94. The number of aryl methyl sites for hydroxylation is 1. The third kappa shape index (κ3) is 4.58. The van der Waals surface area contributed by atoms with Crippen molar-refractivity contribution in [1.82, 2.24) is 4.90 Å². The van der Waals surface area contributed by atoms with E-state index in [4.69, 9.17) is 18.0 Å². The van der Waals surface area contributed by atoms with E-state index in [1.165, 1.54) is 0 Å². The second kappa shape index (κ2) is 7.01. The standard InChI is InChI=1S/C14H19BrN2OS/c1-9(2)17(7-6-13(16)19)14(18)11-5-4-10(3)8-12(11)15/h4-5,8-9H,6-7H2,1-3H3,(H2,16,19). The van der Waals surface area contributed by atoms with Gasteiger partial charge in [-0.3, -0.25) is 4.79 Å². The van der Waals surface area contributed by atoms with E-state index in [9.17, 15) is 4.79 Å². The van der Waals surface area contributed by atoms with Crippen LogP contribution >= 0.6 is 28.1 Å². The summed E-state index contributed by atoms with van der Waals surface area (Å²) in [4.78, 5) is 14.8. The van der Waals surface area contributed by atoms with Crippen molar-refractivity contribution in [2.24, 2.45) is 5.73 Å². The topological polar surface area (TPSA) is 46.3 Å². The fourth-order valence-corrected chi connectivity index (χ4v) is 2.53. The summed E-state index contributed by atoms with van der Waals surface area (Å²) in [7, 11) is 0. The summed E-state index contributed by atoms with van der Waals surface area (Å²) in [6, 6.07) is 5.83. The maximum Gasteiger partial charge on any atom is 0.255 e. The van der Waals surface area contributed by atoms with Crippen LogP contribution in [-0.4, -0.2) is 28.4 Å². The number of nitrogens with two attached hydrogens (primary N) is 1. The Balaban J connectivity index is 2.95. The molecule has 0 aliphatic rings. The summed E-state index contributed by atoms with van der Waals surface area (Å²) in [5, 5.41) is 0. The molecule has 0 unspecified atom stereocenters. The predicted octanol–water partition coefficient (Wildman–Crippen LogP) is 3.28. The van der Waals surface area contributed by atoms with Crippen molar-refractivity contribution in [3.8, 4) is 0 Å². The minimum atomic E-state index is -0.00174. The average Bonchev–Trinajstić information content (AvgIpc) is 2.27. The van der Waals surface area contributed by atoms with Gasteiger partial charge in [-0.25, -0.2) is 0 Å². The lowest BCUT2D eigenvalue weighted by atomic mass is 10.1. The Bertz CT molecular complexity index is 488. The number of hydrogen-bond donors (Lipinski definition) is 1. The third-order valence-corrected chi connectivity index (χ3v) is 3.70. The minimum absolute atomic E-state index is 0.00174. The lowest BCUT2D eigenvalue weighted by Gasteiger charge is -2.27. The number of amides is 1. The van der Waals surface area contributed by atoms with Crippen LogP contribution in [0.1, 0.15) is 36.2 Å². The number of nitrogens with zero attached hydrogens (tertiary/aromatic N) is 1. The van der Waals surface area contributed by atoms with Crippen LogP contribution in [0.2, 0.25) is 0 Å². The van der Waals surface area contributed by atoms with Crippen molar-refractivity contribution >= 4 is 39.0 Å². The molecule has 0 saturated heterocycles. The van der Waals surface area contributed by atoms with Gasteiger partial charge in [0, 0.05) is 23.5 Å². The summed E-state index contributed by atoms with van der Waals surface area (Å²) >= 11 is 8.32. The van der Waals surface area contributed by atoms with E-state index in [1.807, 2.05) is 39.0 Å². The van der Waals surface area contributed by atoms with E-state index < -0.39 is 0 Å². The van der Waals surface area contributed by atoms with Gasteiger partial charge in [0.15, 0.2) is 0 Å². The zero-order valence-electron chi connectivity index (χ0n) is 11.4. The maximum absolute atomic E-state index is 12.5. The smallest absolute Gasteiger partial charge is 0.255 e. The molecule has 3 nitrogen and oxygen atoms in total. The highest BCUT2D eigenvalue weighted by Crippen LogP contribution is 2.21. The van der Waals surface area contributed by atoms with Crippen LogP contribution in [0.5, 0.6) is 0 Å². The highest BCUT2D eigenvalue weighted by Gasteiger charge is 2.20. The van der Waals surface area contributed by atoms with Crippen molar-refractivity contribution in [3.05, 3.63) is 33.8 Å². The number of carbonyl (C=O) groups is 1. The van der Waals surface area contributed by atoms with Crippen LogP contribution in [0, 0.1) is 6.92 Å². The van der Waals surface area contributed by atoms with Gasteiger partial charge in [-0.15, -0.1) is 0 Å². The quantitative estimate of drug-likeness (QED) is 0.835. The van der Waals surface area contributed by atoms with Gasteiger partial charge < -0.3 is 10.6 Å². The Morgan fingerprint density at radius 2 is 2.11 bits per heavy atom. The number of hydrogen-bond acceptors (Lipinski definition) is 2. The van der Waals surface area contributed by atoms with Crippen molar-refractivity contribution in [3.63, 3.8) is 0 Å². The second-order valence-electron chi connectivity index (χ2n) is 4.79. The highest BCUT2D eigenvalue weighted by molar-refractivity contribution is 9.10. The van der Waals surface area contributed by atoms with Crippen molar-refractivity contribution < 1.29 is 4.79 Å². The molecule has 0 bridgehead atoms. The summed E-state index contributed by atoms with van der Waals surface area (Å²) in [6.45, 7) is 6.51. The third-order valence-electron chi connectivity index (χ3n) is 2.84. The van der Waals surface area contributed by atoms with E-state index in [-0.39, 0.29) is 11.9 Å². The highest BCUT2D eigenvalue weighted by atomic mass is 79.9. The van der Waals surface area contributed by atoms with Crippen LogP contribution in [-0.2, 0) is 0 Å². The van der Waals surface area contributed by atoms with Gasteiger partial charge in [-0.1, -0.05) is 18.3 Å². The molecule has 1 rings (SSSR count). The van der Waals surface area contributed by atoms with Gasteiger partial charge >= 0.3 is 0 Å². The molecule has 0 fully saturated rings. The largest absolute Gasteiger partial charge is 0.393 e. The normalized spacial score (nSPS) is 10.6. The molecule has 1 aromatic carbocycles. The van der Waals surface area contributed by atoms with Gasteiger partial charge in [0.2, 0.25) is 0 Å². The maximum atomic E-state index is 12.5. The molecule has 0 radical (unpaired) electrons. The van der Waals surface area contributed by atoms with E-state index in [1.54, 1.807) is 4.90 Å². The number of thiocarbonyl (C=S) groups is 1. The molecule has 0 heterocycles. The van der Waals surface area contributed by atoms with Crippen LogP contribution in [0.4, 0.5) is 0 Å². The summed E-state index contributed by atoms with van der Waals surface area (Å²) in [5.41, 5.74) is 7.30. The number of carbonyl (C=O) groups excluding carboxylic acids is 1. The SMILES string of the molecule is Cc1ccc(C(=O)N(CCC(N)=S)C(C)C)c(Br)c1. The Morgan fingerprint density at radius 3 is 2.58 bits per heavy atom. The number of rotatable bonds is 5. The molecule has 0 atom stereocenters. The molecular formula is C14H19BrN2OS. The number of halogens is 1. The van der Waals surface area contributed by atoms with E-state index >= 15 is 0 Å². The first-order chi connectivity index (χ1) is 8.82. The Hall–Kier alpha value is -0.940. The molecule has 0 aliphatic heterocycles. The average molecular weight is 343 g/mol. The molecule has 1 amide bonds. The Labute approximate surface area is 128 Å². The van der Waals surface area contributed by atoms with E-state index in [2.05, 4.69) is 15.9 Å². The lowest BCUT2D eigenvalue weighted by molar-refractivity contribution is 0.0710. The van der Waals surface area contributed by atoms with Crippen molar-refractivity contribution in [1.29, 1.82) is 0 Å². The van der Waals surface area contributed by atoms with E-state index in [0.29, 0.717) is 23.5 Å². The van der Waals surface area contributed by atoms with Crippen LogP contribution in [0.15, 0.2) is 22.7 Å².